The van der Waals surface area contributed by atoms with Crippen LogP contribution >= 0.6 is 0 Å². The first kappa shape index (κ1) is 14.6. The van der Waals surface area contributed by atoms with Gasteiger partial charge in [-0.2, -0.15) is 5.10 Å². The van der Waals surface area contributed by atoms with E-state index in [4.69, 9.17) is 4.84 Å². The number of rotatable bonds is 3. The molecule has 0 atom stereocenters. The number of fused-ring (bicyclic) bond motifs is 2. The maximum absolute atomic E-state index is 12.2. The molecule has 4 rings (SSSR count). The second kappa shape index (κ2) is 5.59. The molecular formula is C17H15N3O4. The summed E-state index contributed by atoms with van der Waals surface area (Å²) in [5, 5.41) is 7.66. The second-order valence-corrected chi connectivity index (χ2v) is 5.92. The van der Waals surface area contributed by atoms with Gasteiger partial charge in [0.2, 0.25) is 0 Å². The summed E-state index contributed by atoms with van der Waals surface area (Å²) in [6, 6.07) is 6.39. The number of aromatic nitrogens is 2. The Bertz CT molecular complexity index is 820. The summed E-state index contributed by atoms with van der Waals surface area (Å²) in [5.41, 5.74) is 3.23. The highest BCUT2D eigenvalue weighted by Gasteiger charge is 2.38. The highest BCUT2D eigenvalue weighted by atomic mass is 16.7. The smallest absolute Gasteiger partial charge is 0.329 e. The first-order valence-electron chi connectivity index (χ1n) is 7.89. The minimum atomic E-state index is -0.677. The molecule has 0 saturated carbocycles. The lowest BCUT2D eigenvalue weighted by Crippen LogP contribution is -2.33. The van der Waals surface area contributed by atoms with Crippen molar-refractivity contribution in [1.29, 1.82) is 0 Å². The van der Waals surface area contributed by atoms with Gasteiger partial charge in [0.15, 0.2) is 0 Å². The molecule has 7 nitrogen and oxygen atoms in total. The lowest BCUT2D eigenvalue weighted by molar-refractivity contribution is -0.167. The number of aromatic amines is 1. The number of nitrogens with zero attached hydrogens (tertiary/aromatic N) is 2. The van der Waals surface area contributed by atoms with Gasteiger partial charge in [0.1, 0.15) is 0 Å². The first-order chi connectivity index (χ1) is 11.6. The molecule has 1 aromatic heterocycles. The largest absolute Gasteiger partial charge is 0.339 e. The standard InChI is InChI=1S/C17H15N3O4/c21-15(9-14-12-7-3-4-8-13(12)18-19-14)24-20-16(22)10-5-1-2-6-11(10)17(20)23/h1-2,5-6H,3-4,7-9H2,(H,18,19). The van der Waals surface area contributed by atoms with Crippen molar-refractivity contribution < 1.29 is 19.2 Å². The fourth-order valence-corrected chi connectivity index (χ4v) is 3.22. The fourth-order valence-electron chi connectivity index (χ4n) is 3.22. The lowest BCUT2D eigenvalue weighted by atomic mass is 9.95. The minimum Gasteiger partial charge on any atom is -0.329 e. The Hall–Kier alpha value is -2.96. The van der Waals surface area contributed by atoms with E-state index < -0.39 is 17.8 Å². The van der Waals surface area contributed by atoms with E-state index in [1.165, 1.54) is 12.1 Å². The molecule has 2 aliphatic rings. The zero-order valence-electron chi connectivity index (χ0n) is 12.9. The van der Waals surface area contributed by atoms with Gasteiger partial charge in [-0.3, -0.25) is 14.7 Å². The van der Waals surface area contributed by atoms with E-state index in [2.05, 4.69) is 10.2 Å². The molecule has 24 heavy (non-hydrogen) atoms. The van der Waals surface area contributed by atoms with Crippen molar-refractivity contribution in [2.24, 2.45) is 0 Å². The monoisotopic (exact) mass is 325 g/mol. The SMILES string of the molecule is O=C(Cc1n[nH]c2c1CCCC2)ON1C(=O)c2ccccc2C1=O. The fraction of sp³-hybridized carbons (Fsp3) is 0.294. The van der Waals surface area contributed by atoms with Crippen LogP contribution in [0.4, 0.5) is 0 Å². The van der Waals surface area contributed by atoms with Crippen molar-refractivity contribution >= 4 is 17.8 Å². The topological polar surface area (TPSA) is 92.4 Å². The Labute approximate surface area is 137 Å². The number of nitrogens with one attached hydrogen (secondary N) is 1. The summed E-state index contributed by atoms with van der Waals surface area (Å²) < 4.78 is 0. The van der Waals surface area contributed by atoms with Crippen LogP contribution in [0.2, 0.25) is 0 Å². The molecule has 2 aromatic rings. The van der Waals surface area contributed by atoms with Crippen molar-refractivity contribution in [1.82, 2.24) is 15.3 Å². The van der Waals surface area contributed by atoms with Gasteiger partial charge >= 0.3 is 5.97 Å². The first-order valence-corrected chi connectivity index (χ1v) is 7.89. The van der Waals surface area contributed by atoms with Crippen LogP contribution in [-0.2, 0) is 28.9 Å². The van der Waals surface area contributed by atoms with E-state index in [1.807, 2.05) is 0 Å². The Kier molecular flexibility index (Phi) is 3.41. The average molecular weight is 325 g/mol. The number of imide groups is 1. The van der Waals surface area contributed by atoms with Gasteiger partial charge < -0.3 is 4.84 Å². The molecule has 0 spiro atoms. The van der Waals surface area contributed by atoms with Gasteiger partial charge in [0.05, 0.1) is 23.2 Å². The Morgan fingerprint density at radius 2 is 1.79 bits per heavy atom. The van der Waals surface area contributed by atoms with Crippen molar-refractivity contribution in [2.45, 2.75) is 32.1 Å². The van der Waals surface area contributed by atoms with Crippen LogP contribution in [0.3, 0.4) is 0 Å². The molecule has 1 aromatic carbocycles. The molecule has 7 heteroatoms. The number of benzene rings is 1. The van der Waals surface area contributed by atoms with Gasteiger partial charge in [0.25, 0.3) is 11.8 Å². The molecular weight excluding hydrogens is 310 g/mol. The predicted octanol–water partition coefficient (Wildman–Crippen LogP) is 1.59. The molecule has 2 amide bonds. The number of hydroxylamine groups is 2. The molecule has 0 saturated heterocycles. The van der Waals surface area contributed by atoms with Crippen LogP contribution in [0.5, 0.6) is 0 Å². The number of carbonyl (C=O) groups is 3. The quantitative estimate of drug-likeness (QED) is 0.865. The van der Waals surface area contributed by atoms with E-state index in [0.29, 0.717) is 10.8 Å². The third kappa shape index (κ3) is 2.29. The van der Waals surface area contributed by atoms with Crippen molar-refractivity contribution in [2.75, 3.05) is 0 Å². The molecule has 1 aliphatic heterocycles. The minimum absolute atomic E-state index is 0.0702. The number of hydrogen-bond donors (Lipinski definition) is 1. The number of aryl methyl sites for hydroxylation is 1. The van der Waals surface area contributed by atoms with E-state index >= 15 is 0 Å². The van der Waals surface area contributed by atoms with E-state index in [-0.39, 0.29) is 17.5 Å². The molecule has 1 aliphatic carbocycles. The number of carbonyl (C=O) groups excluding carboxylic acids is 3. The molecule has 0 fully saturated rings. The summed E-state index contributed by atoms with van der Waals surface area (Å²) in [6.07, 6.45) is 3.90. The Morgan fingerprint density at radius 1 is 1.12 bits per heavy atom. The molecule has 0 bridgehead atoms. The van der Waals surface area contributed by atoms with E-state index in [1.54, 1.807) is 12.1 Å². The van der Waals surface area contributed by atoms with Crippen LogP contribution in [0.1, 0.15) is 50.5 Å². The number of H-pyrrole nitrogens is 1. The van der Waals surface area contributed by atoms with Crippen LogP contribution in [0, 0.1) is 0 Å². The van der Waals surface area contributed by atoms with Gasteiger partial charge in [0, 0.05) is 5.69 Å². The van der Waals surface area contributed by atoms with E-state index in [0.717, 1.165) is 36.9 Å². The van der Waals surface area contributed by atoms with Crippen molar-refractivity contribution in [3.05, 3.63) is 52.3 Å². The van der Waals surface area contributed by atoms with Gasteiger partial charge in [-0.05, 0) is 43.4 Å². The normalized spacial score (nSPS) is 16.1. The summed E-state index contributed by atoms with van der Waals surface area (Å²) in [4.78, 5) is 41.6. The number of hydrogen-bond acceptors (Lipinski definition) is 5. The average Bonchev–Trinajstić information content (AvgIpc) is 3.11. The van der Waals surface area contributed by atoms with E-state index in [9.17, 15) is 14.4 Å². The molecule has 122 valence electrons. The zero-order valence-corrected chi connectivity index (χ0v) is 12.9. The maximum atomic E-state index is 12.2. The summed E-state index contributed by atoms with van der Waals surface area (Å²) in [5.74, 6) is -1.91. The van der Waals surface area contributed by atoms with Gasteiger partial charge in [-0.15, -0.1) is 0 Å². The lowest BCUT2D eigenvalue weighted by Gasteiger charge is -2.13. The third-order valence-electron chi connectivity index (χ3n) is 4.40. The highest BCUT2D eigenvalue weighted by Crippen LogP contribution is 2.25. The van der Waals surface area contributed by atoms with Gasteiger partial charge in [-0.1, -0.05) is 17.2 Å². The Balaban J connectivity index is 1.49. The molecule has 2 heterocycles. The maximum Gasteiger partial charge on any atom is 0.339 e. The molecule has 0 radical (unpaired) electrons. The van der Waals surface area contributed by atoms with Gasteiger partial charge in [-0.25, -0.2) is 4.79 Å². The Morgan fingerprint density at radius 3 is 2.50 bits per heavy atom. The highest BCUT2D eigenvalue weighted by molar-refractivity contribution is 6.20. The van der Waals surface area contributed by atoms with Crippen molar-refractivity contribution in [3.63, 3.8) is 0 Å². The van der Waals surface area contributed by atoms with Crippen LogP contribution in [-0.4, -0.2) is 33.0 Å². The summed E-state index contributed by atoms with van der Waals surface area (Å²) in [6.45, 7) is 0. The second-order valence-electron chi connectivity index (χ2n) is 5.92. The zero-order chi connectivity index (χ0) is 16.7. The third-order valence-corrected chi connectivity index (χ3v) is 4.40. The summed E-state index contributed by atoms with van der Waals surface area (Å²) in [7, 11) is 0. The molecule has 0 unspecified atom stereocenters. The van der Waals surface area contributed by atoms with Crippen LogP contribution < -0.4 is 0 Å². The molecule has 1 N–H and O–H groups in total. The number of amides is 2. The van der Waals surface area contributed by atoms with Crippen LogP contribution in [0.15, 0.2) is 24.3 Å². The van der Waals surface area contributed by atoms with Crippen molar-refractivity contribution in [3.8, 4) is 0 Å². The predicted molar refractivity (Wildman–Crippen MR) is 82.0 cm³/mol. The summed E-state index contributed by atoms with van der Waals surface area (Å²) >= 11 is 0. The van der Waals surface area contributed by atoms with Crippen LogP contribution in [0.25, 0.3) is 0 Å².